The fourth-order valence-electron chi connectivity index (χ4n) is 4.36. The first-order chi connectivity index (χ1) is 16.4. The minimum atomic E-state index is -0.330. The highest BCUT2D eigenvalue weighted by molar-refractivity contribution is 9.10. The van der Waals surface area contributed by atoms with Crippen molar-refractivity contribution in [1.29, 1.82) is 0 Å². The molecule has 7 heteroatoms. The summed E-state index contributed by atoms with van der Waals surface area (Å²) in [5.74, 6) is 2.49. The average Bonchev–Trinajstić information content (AvgIpc) is 2.81. The van der Waals surface area contributed by atoms with Crippen molar-refractivity contribution in [3.05, 3.63) is 76.3 Å². The highest BCUT2D eigenvalue weighted by Gasteiger charge is 2.20. The predicted octanol–water partition coefficient (Wildman–Crippen LogP) is 6.56. The zero-order chi connectivity index (χ0) is 24.1. The van der Waals surface area contributed by atoms with E-state index >= 15 is 0 Å². The van der Waals surface area contributed by atoms with Gasteiger partial charge in [0.1, 0.15) is 17.2 Å². The number of benzene rings is 3. The largest absolute Gasteiger partial charge is 0.494 e. The molecule has 0 saturated carbocycles. The molecule has 1 unspecified atom stereocenters. The molecule has 178 valence electrons. The summed E-state index contributed by atoms with van der Waals surface area (Å²) in [5, 5.41) is 5.83. The standard InChI is InChI=1S/C27H30BrN3O3/c1-31(2)17-18-9-10-20-14-21(12-11-19(20)13-18)29-27(32)30-24-15-23(28)25(16-26(24)33-3)34-22-7-5-4-6-8-22/h4-8,11-12,14-16,18H,9-10,13,17H2,1-3H3,(H2,29,30,32). The Hall–Kier alpha value is -3.03. The Morgan fingerprint density at radius 2 is 1.82 bits per heavy atom. The van der Waals surface area contributed by atoms with Gasteiger partial charge in [0.2, 0.25) is 0 Å². The quantitative estimate of drug-likeness (QED) is 0.368. The fraction of sp³-hybridized carbons (Fsp3) is 0.296. The molecule has 6 nitrogen and oxygen atoms in total. The molecular weight excluding hydrogens is 494 g/mol. The van der Waals surface area contributed by atoms with Crippen LogP contribution in [0.3, 0.4) is 0 Å². The van der Waals surface area contributed by atoms with E-state index in [1.54, 1.807) is 19.2 Å². The molecule has 34 heavy (non-hydrogen) atoms. The third-order valence-corrected chi connectivity index (χ3v) is 6.51. The van der Waals surface area contributed by atoms with Crippen LogP contribution >= 0.6 is 15.9 Å². The van der Waals surface area contributed by atoms with Crippen molar-refractivity contribution < 1.29 is 14.3 Å². The minimum absolute atomic E-state index is 0.330. The lowest BCUT2D eigenvalue weighted by Crippen LogP contribution is -2.26. The number of hydrogen-bond acceptors (Lipinski definition) is 4. The lowest BCUT2D eigenvalue weighted by atomic mass is 9.83. The van der Waals surface area contributed by atoms with E-state index in [-0.39, 0.29) is 6.03 Å². The van der Waals surface area contributed by atoms with Gasteiger partial charge >= 0.3 is 6.03 Å². The Labute approximate surface area is 209 Å². The number of nitrogens with zero attached hydrogens (tertiary/aromatic N) is 1. The summed E-state index contributed by atoms with van der Waals surface area (Å²) in [6.07, 6.45) is 3.29. The van der Waals surface area contributed by atoms with E-state index in [0.717, 1.165) is 25.1 Å². The molecule has 0 bridgehead atoms. The summed E-state index contributed by atoms with van der Waals surface area (Å²) in [6, 6.07) is 18.9. The van der Waals surface area contributed by atoms with Crippen LogP contribution in [0.2, 0.25) is 0 Å². The summed E-state index contributed by atoms with van der Waals surface area (Å²) in [5.41, 5.74) is 4.01. The van der Waals surface area contributed by atoms with E-state index in [4.69, 9.17) is 9.47 Å². The number of para-hydroxylation sites is 1. The van der Waals surface area contributed by atoms with Gasteiger partial charge < -0.3 is 25.0 Å². The number of anilines is 2. The number of aryl methyl sites for hydroxylation is 1. The van der Waals surface area contributed by atoms with Crippen LogP contribution in [0.25, 0.3) is 0 Å². The zero-order valence-electron chi connectivity index (χ0n) is 19.7. The van der Waals surface area contributed by atoms with Crippen LogP contribution in [0.5, 0.6) is 17.2 Å². The summed E-state index contributed by atoms with van der Waals surface area (Å²) in [4.78, 5) is 15.0. The Balaban J connectivity index is 1.42. The van der Waals surface area contributed by atoms with E-state index in [9.17, 15) is 4.79 Å². The van der Waals surface area contributed by atoms with Crippen LogP contribution in [0.1, 0.15) is 17.5 Å². The number of fused-ring (bicyclic) bond motifs is 1. The number of nitrogens with one attached hydrogen (secondary N) is 2. The van der Waals surface area contributed by atoms with E-state index in [0.29, 0.717) is 33.3 Å². The Morgan fingerprint density at radius 1 is 1.03 bits per heavy atom. The van der Waals surface area contributed by atoms with Crippen LogP contribution < -0.4 is 20.1 Å². The Kier molecular flexibility index (Phi) is 7.75. The molecule has 0 radical (unpaired) electrons. The maximum atomic E-state index is 12.7. The number of rotatable bonds is 7. The average molecular weight is 524 g/mol. The number of carbonyl (C=O) groups excluding carboxylic acids is 1. The summed E-state index contributed by atoms with van der Waals surface area (Å²) >= 11 is 3.53. The van der Waals surface area contributed by atoms with Crippen molar-refractivity contribution in [1.82, 2.24) is 4.90 Å². The Bertz CT molecular complexity index is 1150. The second kappa shape index (κ2) is 10.9. The summed E-state index contributed by atoms with van der Waals surface area (Å²) < 4.78 is 12.1. The van der Waals surface area contributed by atoms with Gasteiger partial charge in [0.05, 0.1) is 17.3 Å². The molecule has 0 aromatic heterocycles. The highest BCUT2D eigenvalue weighted by atomic mass is 79.9. The van der Waals surface area contributed by atoms with Crippen molar-refractivity contribution >= 4 is 33.3 Å². The fourth-order valence-corrected chi connectivity index (χ4v) is 4.78. The second-order valence-electron chi connectivity index (χ2n) is 8.83. The number of methoxy groups -OCH3 is 1. The monoisotopic (exact) mass is 523 g/mol. The van der Waals surface area contributed by atoms with Gasteiger partial charge in [-0.15, -0.1) is 0 Å². The lowest BCUT2D eigenvalue weighted by molar-refractivity contribution is 0.262. The first-order valence-electron chi connectivity index (χ1n) is 11.4. The van der Waals surface area contributed by atoms with Crippen LogP contribution in [-0.2, 0) is 12.8 Å². The van der Waals surface area contributed by atoms with E-state index < -0.39 is 0 Å². The van der Waals surface area contributed by atoms with Crippen LogP contribution in [0, 0.1) is 5.92 Å². The molecule has 3 aromatic carbocycles. The third kappa shape index (κ3) is 6.10. The molecule has 1 aliphatic carbocycles. The Morgan fingerprint density at radius 3 is 2.56 bits per heavy atom. The number of ether oxygens (including phenoxy) is 2. The molecule has 1 atom stereocenters. The summed E-state index contributed by atoms with van der Waals surface area (Å²) in [7, 11) is 5.81. The van der Waals surface area contributed by atoms with E-state index in [1.165, 1.54) is 17.5 Å². The smallest absolute Gasteiger partial charge is 0.323 e. The van der Waals surface area contributed by atoms with Gasteiger partial charge in [0.25, 0.3) is 0 Å². The molecule has 0 heterocycles. The topological polar surface area (TPSA) is 62.8 Å². The molecule has 1 aliphatic rings. The number of urea groups is 1. The van der Waals surface area contributed by atoms with Crippen molar-refractivity contribution in [3.8, 4) is 17.2 Å². The molecule has 0 fully saturated rings. The number of carbonyl (C=O) groups is 1. The zero-order valence-corrected chi connectivity index (χ0v) is 21.3. The van der Waals surface area contributed by atoms with Gasteiger partial charge in [-0.3, -0.25) is 0 Å². The molecular formula is C27H30BrN3O3. The molecule has 0 saturated heterocycles. The predicted molar refractivity (Wildman–Crippen MR) is 140 cm³/mol. The number of amides is 2. The van der Waals surface area contributed by atoms with Crippen LogP contribution in [0.15, 0.2) is 65.1 Å². The third-order valence-electron chi connectivity index (χ3n) is 5.89. The van der Waals surface area contributed by atoms with Crippen molar-refractivity contribution in [2.75, 3.05) is 38.4 Å². The molecule has 4 rings (SSSR count). The SMILES string of the molecule is COc1cc(Oc2ccccc2)c(Br)cc1NC(=O)Nc1ccc2c(c1)CCC(CN(C)C)C2. The highest BCUT2D eigenvalue weighted by Crippen LogP contribution is 2.38. The first-order valence-corrected chi connectivity index (χ1v) is 12.2. The first kappa shape index (κ1) is 24.1. The molecule has 0 aliphatic heterocycles. The number of halogens is 1. The molecule has 3 aromatic rings. The molecule has 0 spiro atoms. The summed E-state index contributed by atoms with van der Waals surface area (Å²) in [6.45, 7) is 1.11. The van der Waals surface area contributed by atoms with Gasteiger partial charge in [-0.05, 0) is 96.7 Å². The van der Waals surface area contributed by atoms with Crippen molar-refractivity contribution in [3.63, 3.8) is 0 Å². The maximum Gasteiger partial charge on any atom is 0.323 e. The van der Waals surface area contributed by atoms with Gasteiger partial charge in [0, 0.05) is 18.3 Å². The molecule has 2 amide bonds. The van der Waals surface area contributed by atoms with Gasteiger partial charge in [-0.25, -0.2) is 4.79 Å². The van der Waals surface area contributed by atoms with Crippen LogP contribution in [0.4, 0.5) is 16.2 Å². The lowest BCUT2D eigenvalue weighted by Gasteiger charge is -2.27. The normalized spacial score (nSPS) is 14.9. The molecule has 2 N–H and O–H groups in total. The number of hydrogen-bond donors (Lipinski definition) is 2. The van der Waals surface area contributed by atoms with E-state index in [1.807, 2.05) is 36.4 Å². The second-order valence-corrected chi connectivity index (χ2v) is 9.69. The van der Waals surface area contributed by atoms with Gasteiger partial charge in [-0.1, -0.05) is 24.3 Å². The maximum absolute atomic E-state index is 12.7. The van der Waals surface area contributed by atoms with E-state index in [2.05, 4.69) is 57.7 Å². The van der Waals surface area contributed by atoms with Gasteiger partial charge in [0.15, 0.2) is 0 Å². The minimum Gasteiger partial charge on any atom is -0.494 e. The van der Waals surface area contributed by atoms with Crippen molar-refractivity contribution in [2.24, 2.45) is 5.92 Å². The van der Waals surface area contributed by atoms with Crippen molar-refractivity contribution in [2.45, 2.75) is 19.3 Å². The van der Waals surface area contributed by atoms with Crippen LogP contribution in [-0.4, -0.2) is 38.7 Å². The van der Waals surface area contributed by atoms with Gasteiger partial charge in [-0.2, -0.15) is 0 Å².